The third-order valence-corrected chi connectivity index (χ3v) is 6.36. The summed E-state index contributed by atoms with van der Waals surface area (Å²) in [5.41, 5.74) is 1.23. The van der Waals surface area contributed by atoms with E-state index in [0.29, 0.717) is 30.4 Å². The topological polar surface area (TPSA) is 78.5 Å². The Morgan fingerprint density at radius 2 is 1.66 bits per heavy atom. The van der Waals surface area contributed by atoms with Crippen LogP contribution < -0.4 is 10.6 Å². The first-order valence-corrected chi connectivity index (χ1v) is 11.1. The van der Waals surface area contributed by atoms with Gasteiger partial charge in [0.15, 0.2) is 0 Å². The van der Waals surface area contributed by atoms with Crippen molar-refractivity contribution in [1.29, 1.82) is 0 Å². The third kappa shape index (κ3) is 5.17. The molecule has 0 bridgehead atoms. The molecule has 2 N–H and O–H groups in total. The molecule has 1 unspecified atom stereocenters. The van der Waals surface area contributed by atoms with Crippen molar-refractivity contribution >= 4 is 23.4 Å². The normalized spacial score (nSPS) is 22.8. The Labute approximate surface area is 172 Å². The van der Waals surface area contributed by atoms with E-state index in [9.17, 15) is 14.4 Å². The van der Waals surface area contributed by atoms with Gasteiger partial charge >= 0.3 is 0 Å². The molecule has 2 saturated carbocycles. The number of nitrogens with one attached hydrogen (secondary N) is 2. The molecule has 1 atom stereocenters. The van der Waals surface area contributed by atoms with Crippen molar-refractivity contribution in [2.75, 3.05) is 18.4 Å². The first-order chi connectivity index (χ1) is 14.1. The van der Waals surface area contributed by atoms with Crippen LogP contribution in [0, 0.1) is 11.8 Å². The smallest absolute Gasteiger partial charge is 0.253 e. The van der Waals surface area contributed by atoms with Crippen molar-refractivity contribution in [3.63, 3.8) is 0 Å². The zero-order chi connectivity index (χ0) is 20.2. The van der Waals surface area contributed by atoms with Crippen LogP contribution in [0.25, 0.3) is 0 Å². The summed E-state index contributed by atoms with van der Waals surface area (Å²) in [6, 6.07) is 7.43. The van der Waals surface area contributed by atoms with E-state index < -0.39 is 0 Å². The second kappa shape index (κ2) is 8.97. The highest BCUT2D eigenvalue weighted by Crippen LogP contribution is 2.30. The van der Waals surface area contributed by atoms with Crippen molar-refractivity contribution in [3.8, 4) is 0 Å². The molecule has 3 aliphatic rings. The molecule has 6 nitrogen and oxygen atoms in total. The van der Waals surface area contributed by atoms with Crippen molar-refractivity contribution < 1.29 is 14.4 Å². The SMILES string of the molecule is O=C(Nc1cccc(C(=O)N2CCCC(C(=O)NC3CCCCC3)C2)c1)C1CC1. The number of amides is 3. The van der Waals surface area contributed by atoms with Gasteiger partial charge in [-0.25, -0.2) is 0 Å². The minimum atomic E-state index is -0.132. The van der Waals surface area contributed by atoms with Crippen LogP contribution in [-0.2, 0) is 9.59 Å². The van der Waals surface area contributed by atoms with Crippen LogP contribution in [0.1, 0.15) is 68.1 Å². The molecule has 0 radical (unpaired) electrons. The predicted octanol–water partition coefficient (Wildman–Crippen LogP) is 3.34. The van der Waals surface area contributed by atoms with Crippen LogP contribution in [0.5, 0.6) is 0 Å². The van der Waals surface area contributed by atoms with Gasteiger partial charge in [-0.1, -0.05) is 25.3 Å². The lowest BCUT2D eigenvalue weighted by Gasteiger charge is -2.33. The fraction of sp³-hybridized carbons (Fsp3) is 0.609. The number of carbonyl (C=O) groups excluding carboxylic acids is 3. The van der Waals surface area contributed by atoms with Crippen LogP contribution in [0.4, 0.5) is 5.69 Å². The van der Waals surface area contributed by atoms with E-state index in [-0.39, 0.29) is 29.6 Å². The monoisotopic (exact) mass is 397 g/mol. The Balaban J connectivity index is 1.35. The highest BCUT2D eigenvalue weighted by molar-refractivity contribution is 5.98. The molecule has 0 spiro atoms. The first kappa shape index (κ1) is 19.9. The maximum absolute atomic E-state index is 13.0. The highest BCUT2D eigenvalue weighted by atomic mass is 16.2. The molecule has 1 heterocycles. The summed E-state index contributed by atoms with van der Waals surface area (Å²) >= 11 is 0. The van der Waals surface area contributed by atoms with Gasteiger partial charge in [0.1, 0.15) is 0 Å². The second-order valence-electron chi connectivity index (χ2n) is 8.78. The summed E-state index contributed by atoms with van der Waals surface area (Å²) in [5, 5.41) is 6.11. The number of carbonyl (C=O) groups is 3. The van der Waals surface area contributed by atoms with Gasteiger partial charge in [-0.3, -0.25) is 14.4 Å². The quantitative estimate of drug-likeness (QED) is 0.800. The van der Waals surface area contributed by atoms with E-state index >= 15 is 0 Å². The number of anilines is 1. The Kier molecular flexibility index (Phi) is 6.16. The molecule has 2 aliphatic carbocycles. The fourth-order valence-electron chi connectivity index (χ4n) is 4.44. The summed E-state index contributed by atoms with van der Waals surface area (Å²) in [5.74, 6) is 0.0572. The Morgan fingerprint density at radius 1 is 0.862 bits per heavy atom. The lowest BCUT2D eigenvalue weighted by atomic mass is 9.92. The number of hydrogen-bond acceptors (Lipinski definition) is 3. The molecular formula is C23H31N3O3. The van der Waals surface area contributed by atoms with E-state index in [1.54, 1.807) is 23.1 Å². The van der Waals surface area contributed by atoms with Gasteiger partial charge in [0, 0.05) is 36.3 Å². The first-order valence-electron chi connectivity index (χ1n) is 11.1. The van der Waals surface area contributed by atoms with Crippen molar-refractivity contribution in [3.05, 3.63) is 29.8 Å². The predicted molar refractivity (Wildman–Crippen MR) is 111 cm³/mol. The highest BCUT2D eigenvalue weighted by Gasteiger charge is 2.31. The standard InChI is InChI=1S/C23H31N3O3/c27-21(16-11-12-16)25-20-10-4-6-17(14-20)23(29)26-13-5-7-18(15-26)22(28)24-19-8-2-1-3-9-19/h4,6,10,14,16,18-19H,1-3,5,7-9,11-13,15H2,(H,24,28)(H,25,27). The second-order valence-corrected chi connectivity index (χ2v) is 8.78. The molecule has 1 saturated heterocycles. The van der Waals surface area contributed by atoms with Gasteiger partial charge in [-0.15, -0.1) is 0 Å². The minimum absolute atomic E-state index is 0.0343. The van der Waals surface area contributed by atoms with Gasteiger partial charge in [0.2, 0.25) is 11.8 Å². The van der Waals surface area contributed by atoms with E-state index in [2.05, 4.69) is 10.6 Å². The molecule has 3 fully saturated rings. The molecule has 0 aromatic heterocycles. The summed E-state index contributed by atoms with van der Waals surface area (Å²) in [6.45, 7) is 1.14. The summed E-state index contributed by atoms with van der Waals surface area (Å²) in [4.78, 5) is 39.5. The van der Waals surface area contributed by atoms with Gasteiger partial charge in [-0.05, 0) is 56.7 Å². The van der Waals surface area contributed by atoms with Crippen LogP contribution >= 0.6 is 0 Å². The van der Waals surface area contributed by atoms with Gasteiger partial charge in [-0.2, -0.15) is 0 Å². The van der Waals surface area contributed by atoms with E-state index in [1.807, 2.05) is 6.07 Å². The number of nitrogens with zero attached hydrogens (tertiary/aromatic N) is 1. The average Bonchev–Trinajstić information content (AvgIpc) is 3.60. The zero-order valence-corrected chi connectivity index (χ0v) is 17.0. The zero-order valence-electron chi connectivity index (χ0n) is 17.0. The van der Waals surface area contributed by atoms with Crippen molar-refractivity contribution in [2.45, 2.75) is 63.8 Å². The fourth-order valence-corrected chi connectivity index (χ4v) is 4.44. The summed E-state index contributed by atoms with van der Waals surface area (Å²) < 4.78 is 0. The largest absolute Gasteiger partial charge is 0.353 e. The molecule has 29 heavy (non-hydrogen) atoms. The lowest BCUT2D eigenvalue weighted by Crippen LogP contribution is -2.47. The third-order valence-electron chi connectivity index (χ3n) is 6.36. The van der Waals surface area contributed by atoms with Crippen LogP contribution in [0.3, 0.4) is 0 Å². The van der Waals surface area contributed by atoms with E-state index in [4.69, 9.17) is 0 Å². The lowest BCUT2D eigenvalue weighted by molar-refractivity contribution is -0.127. The number of piperidine rings is 1. The van der Waals surface area contributed by atoms with Crippen molar-refractivity contribution in [2.24, 2.45) is 11.8 Å². The molecule has 6 heteroatoms. The van der Waals surface area contributed by atoms with Gasteiger partial charge in [0.05, 0.1) is 5.92 Å². The van der Waals surface area contributed by atoms with Gasteiger partial charge in [0.25, 0.3) is 5.91 Å². The number of benzene rings is 1. The van der Waals surface area contributed by atoms with Crippen LogP contribution in [0.2, 0.25) is 0 Å². The number of hydrogen-bond donors (Lipinski definition) is 2. The Hall–Kier alpha value is -2.37. The van der Waals surface area contributed by atoms with Crippen LogP contribution in [0.15, 0.2) is 24.3 Å². The molecular weight excluding hydrogens is 366 g/mol. The minimum Gasteiger partial charge on any atom is -0.353 e. The van der Waals surface area contributed by atoms with E-state index in [0.717, 1.165) is 38.5 Å². The molecule has 3 amide bonds. The van der Waals surface area contributed by atoms with Crippen molar-refractivity contribution in [1.82, 2.24) is 10.2 Å². The maximum Gasteiger partial charge on any atom is 0.253 e. The average molecular weight is 398 g/mol. The molecule has 1 aliphatic heterocycles. The molecule has 1 aromatic carbocycles. The Bertz CT molecular complexity index is 768. The van der Waals surface area contributed by atoms with Crippen LogP contribution in [-0.4, -0.2) is 41.8 Å². The molecule has 1 aromatic rings. The van der Waals surface area contributed by atoms with E-state index in [1.165, 1.54) is 19.3 Å². The summed E-state index contributed by atoms with van der Waals surface area (Å²) in [6.07, 6.45) is 9.35. The number of likely N-dealkylation sites (tertiary alicyclic amines) is 1. The molecule has 4 rings (SSSR count). The van der Waals surface area contributed by atoms with Gasteiger partial charge < -0.3 is 15.5 Å². The number of rotatable bonds is 5. The summed E-state index contributed by atoms with van der Waals surface area (Å²) in [7, 11) is 0. The Morgan fingerprint density at radius 3 is 2.41 bits per heavy atom. The molecule has 156 valence electrons. The maximum atomic E-state index is 13.0.